The zero-order chi connectivity index (χ0) is 15.4. The maximum absolute atomic E-state index is 11.7. The highest BCUT2D eigenvalue weighted by Gasteiger charge is 2.13. The Balaban J connectivity index is 2.56. The first-order chi connectivity index (χ1) is 10.1. The van der Waals surface area contributed by atoms with E-state index in [0.717, 1.165) is 6.42 Å². The number of benzene rings is 1. The van der Waals surface area contributed by atoms with E-state index in [2.05, 4.69) is 9.97 Å². The third-order valence-corrected chi connectivity index (χ3v) is 3.08. The average molecular weight is 289 g/mol. The molecule has 1 aromatic carbocycles. The third kappa shape index (κ3) is 3.16. The third-order valence-electron chi connectivity index (χ3n) is 3.08. The van der Waals surface area contributed by atoms with Crippen molar-refractivity contribution in [1.82, 2.24) is 9.97 Å². The number of anilines is 1. The van der Waals surface area contributed by atoms with Crippen LogP contribution in [-0.4, -0.2) is 24.2 Å². The predicted octanol–water partition coefficient (Wildman–Crippen LogP) is 1.99. The van der Waals surface area contributed by atoms with Crippen LogP contribution in [0, 0.1) is 0 Å². The van der Waals surface area contributed by atoms with Crippen LogP contribution in [0.15, 0.2) is 23.0 Å². The first kappa shape index (κ1) is 14.9. The SMILES string of the molecule is CCCc1nc(-c2cc(N)c(OC)c(OC)c2)cc(=O)[nH]1. The van der Waals surface area contributed by atoms with Crippen molar-refractivity contribution in [3.05, 3.63) is 34.4 Å². The van der Waals surface area contributed by atoms with Crippen molar-refractivity contribution >= 4 is 5.69 Å². The van der Waals surface area contributed by atoms with E-state index in [0.29, 0.717) is 40.7 Å². The molecular weight excluding hydrogens is 270 g/mol. The monoisotopic (exact) mass is 289 g/mol. The second-order valence-corrected chi connectivity index (χ2v) is 4.63. The number of aromatic nitrogens is 2. The van der Waals surface area contributed by atoms with Gasteiger partial charge in [0.1, 0.15) is 5.82 Å². The maximum Gasteiger partial charge on any atom is 0.251 e. The van der Waals surface area contributed by atoms with Crippen molar-refractivity contribution in [3.8, 4) is 22.8 Å². The van der Waals surface area contributed by atoms with E-state index in [9.17, 15) is 4.79 Å². The molecule has 21 heavy (non-hydrogen) atoms. The van der Waals surface area contributed by atoms with Gasteiger partial charge in [-0.05, 0) is 18.6 Å². The summed E-state index contributed by atoms with van der Waals surface area (Å²) in [5.74, 6) is 1.64. The van der Waals surface area contributed by atoms with E-state index in [1.165, 1.54) is 20.3 Å². The molecule has 0 atom stereocenters. The number of nitrogens with zero attached hydrogens (tertiary/aromatic N) is 1. The van der Waals surface area contributed by atoms with E-state index in [-0.39, 0.29) is 5.56 Å². The molecule has 2 aromatic rings. The van der Waals surface area contributed by atoms with Gasteiger partial charge in [0.25, 0.3) is 5.56 Å². The van der Waals surface area contributed by atoms with Gasteiger partial charge in [0, 0.05) is 18.1 Å². The zero-order valence-electron chi connectivity index (χ0n) is 12.4. The highest BCUT2D eigenvalue weighted by Crippen LogP contribution is 2.37. The minimum atomic E-state index is -0.184. The largest absolute Gasteiger partial charge is 0.493 e. The zero-order valence-corrected chi connectivity index (χ0v) is 12.4. The van der Waals surface area contributed by atoms with Gasteiger partial charge in [-0.1, -0.05) is 6.92 Å². The van der Waals surface area contributed by atoms with Gasteiger partial charge in [-0.3, -0.25) is 4.79 Å². The number of nitrogens with two attached hydrogens (primary N) is 1. The van der Waals surface area contributed by atoms with Crippen LogP contribution >= 0.6 is 0 Å². The number of rotatable bonds is 5. The van der Waals surface area contributed by atoms with E-state index < -0.39 is 0 Å². The molecule has 0 fully saturated rings. The van der Waals surface area contributed by atoms with Crippen LogP contribution in [0.25, 0.3) is 11.3 Å². The smallest absolute Gasteiger partial charge is 0.251 e. The maximum atomic E-state index is 11.7. The summed E-state index contributed by atoms with van der Waals surface area (Å²) in [4.78, 5) is 18.9. The summed E-state index contributed by atoms with van der Waals surface area (Å²) in [6.45, 7) is 2.03. The van der Waals surface area contributed by atoms with Crippen LogP contribution < -0.4 is 20.8 Å². The van der Waals surface area contributed by atoms with Crippen LogP contribution in [0.2, 0.25) is 0 Å². The lowest BCUT2D eigenvalue weighted by Crippen LogP contribution is -2.11. The molecular formula is C15H19N3O3. The molecule has 6 nitrogen and oxygen atoms in total. The second kappa shape index (κ2) is 6.30. The molecule has 3 N–H and O–H groups in total. The second-order valence-electron chi connectivity index (χ2n) is 4.63. The molecule has 0 bridgehead atoms. The van der Waals surface area contributed by atoms with Crippen molar-refractivity contribution in [2.75, 3.05) is 20.0 Å². The number of aryl methyl sites for hydroxylation is 1. The van der Waals surface area contributed by atoms with Crippen LogP contribution in [0.1, 0.15) is 19.2 Å². The minimum absolute atomic E-state index is 0.184. The summed E-state index contributed by atoms with van der Waals surface area (Å²) >= 11 is 0. The molecule has 0 unspecified atom stereocenters. The molecule has 2 rings (SSSR count). The lowest BCUT2D eigenvalue weighted by Gasteiger charge is -2.12. The Morgan fingerprint density at radius 3 is 2.62 bits per heavy atom. The number of hydrogen-bond donors (Lipinski definition) is 2. The van der Waals surface area contributed by atoms with E-state index in [1.807, 2.05) is 6.92 Å². The van der Waals surface area contributed by atoms with Crippen LogP contribution in [0.5, 0.6) is 11.5 Å². The van der Waals surface area contributed by atoms with Gasteiger partial charge in [0.05, 0.1) is 25.6 Å². The van der Waals surface area contributed by atoms with Crippen molar-refractivity contribution < 1.29 is 9.47 Å². The summed E-state index contributed by atoms with van der Waals surface area (Å²) in [6.07, 6.45) is 1.62. The molecule has 1 aromatic heterocycles. The average Bonchev–Trinajstić information content (AvgIpc) is 2.46. The summed E-state index contributed by atoms with van der Waals surface area (Å²) < 4.78 is 10.5. The van der Waals surface area contributed by atoms with Crippen molar-refractivity contribution in [1.29, 1.82) is 0 Å². The van der Waals surface area contributed by atoms with Gasteiger partial charge in [-0.25, -0.2) is 4.98 Å². The number of ether oxygens (including phenoxy) is 2. The summed E-state index contributed by atoms with van der Waals surface area (Å²) in [7, 11) is 3.06. The molecule has 1 heterocycles. The van der Waals surface area contributed by atoms with Crippen molar-refractivity contribution in [3.63, 3.8) is 0 Å². The number of methoxy groups -OCH3 is 2. The van der Waals surface area contributed by atoms with E-state index >= 15 is 0 Å². The number of hydrogen-bond acceptors (Lipinski definition) is 5. The van der Waals surface area contributed by atoms with E-state index in [1.54, 1.807) is 12.1 Å². The molecule has 0 amide bonds. The summed E-state index contributed by atoms with van der Waals surface area (Å²) in [6, 6.07) is 4.92. The fourth-order valence-corrected chi connectivity index (χ4v) is 2.15. The Labute approximate surface area is 122 Å². The molecule has 0 aliphatic rings. The molecule has 0 radical (unpaired) electrons. The minimum Gasteiger partial charge on any atom is -0.493 e. The Kier molecular flexibility index (Phi) is 4.47. The molecule has 0 aliphatic carbocycles. The van der Waals surface area contributed by atoms with Crippen molar-refractivity contribution in [2.24, 2.45) is 0 Å². The first-order valence-electron chi connectivity index (χ1n) is 6.71. The Hall–Kier alpha value is -2.50. The molecule has 0 saturated heterocycles. The topological polar surface area (TPSA) is 90.2 Å². The summed E-state index contributed by atoms with van der Waals surface area (Å²) in [5, 5.41) is 0. The standard InChI is InChI=1S/C15H19N3O3/c1-4-5-13-17-11(8-14(19)18-13)9-6-10(16)15(21-3)12(7-9)20-2/h6-8H,4-5,16H2,1-3H3,(H,17,18,19). The fraction of sp³-hybridized carbons (Fsp3) is 0.333. The molecule has 0 spiro atoms. The quantitative estimate of drug-likeness (QED) is 0.821. The fourth-order valence-electron chi connectivity index (χ4n) is 2.15. The van der Waals surface area contributed by atoms with Gasteiger partial charge in [0.15, 0.2) is 11.5 Å². The highest BCUT2D eigenvalue weighted by atomic mass is 16.5. The number of H-pyrrole nitrogens is 1. The van der Waals surface area contributed by atoms with Crippen LogP contribution in [0.4, 0.5) is 5.69 Å². The van der Waals surface area contributed by atoms with Crippen molar-refractivity contribution in [2.45, 2.75) is 19.8 Å². The highest BCUT2D eigenvalue weighted by molar-refractivity contribution is 5.73. The van der Waals surface area contributed by atoms with Crippen LogP contribution in [0.3, 0.4) is 0 Å². The molecule has 6 heteroatoms. The number of aromatic amines is 1. The predicted molar refractivity (Wildman–Crippen MR) is 81.8 cm³/mol. The molecule has 0 aliphatic heterocycles. The molecule has 0 saturated carbocycles. The van der Waals surface area contributed by atoms with Gasteiger partial charge in [0.2, 0.25) is 0 Å². The van der Waals surface area contributed by atoms with Gasteiger partial charge in [-0.2, -0.15) is 0 Å². The lowest BCUT2D eigenvalue weighted by molar-refractivity contribution is 0.356. The number of nitrogen functional groups attached to an aromatic ring is 1. The Morgan fingerprint density at radius 1 is 1.24 bits per heavy atom. The van der Waals surface area contributed by atoms with Gasteiger partial charge < -0.3 is 20.2 Å². The Bertz CT molecular complexity index is 695. The van der Waals surface area contributed by atoms with E-state index in [4.69, 9.17) is 15.2 Å². The summed E-state index contributed by atoms with van der Waals surface area (Å²) in [5.41, 5.74) is 7.50. The number of nitrogens with one attached hydrogen (secondary N) is 1. The Morgan fingerprint density at radius 2 is 2.00 bits per heavy atom. The first-order valence-corrected chi connectivity index (χ1v) is 6.71. The van der Waals surface area contributed by atoms with Gasteiger partial charge >= 0.3 is 0 Å². The van der Waals surface area contributed by atoms with Crippen LogP contribution in [-0.2, 0) is 6.42 Å². The van der Waals surface area contributed by atoms with Gasteiger partial charge in [-0.15, -0.1) is 0 Å². The molecule has 112 valence electrons. The lowest BCUT2D eigenvalue weighted by atomic mass is 10.1. The normalized spacial score (nSPS) is 10.4.